The molecule has 0 saturated carbocycles. The number of aromatic nitrogens is 2. The van der Waals surface area contributed by atoms with Gasteiger partial charge in [-0.05, 0) is 36.0 Å². The van der Waals surface area contributed by atoms with E-state index in [1.165, 1.54) is 11.1 Å². The van der Waals surface area contributed by atoms with Gasteiger partial charge in [-0.15, -0.1) is 0 Å². The summed E-state index contributed by atoms with van der Waals surface area (Å²) in [7, 11) is 2.02. The molecule has 0 aliphatic rings. The summed E-state index contributed by atoms with van der Waals surface area (Å²) in [6, 6.07) is 8.01. The predicted octanol–water partition coefficient (Wildman–Crippen LogP) is 5.92. The van der Waals surface area contributed by atoms with E-state index >= 15 is 0 Å². The minimum absolute atomic E-state index is 0.153. The Morgan fingerprint density at radius 3 is 2.68 bits per heavy atom. The third-order valence-electron chi connectivity index (χ3n) is 5.07. The van der Waals surface area contributed by atoms with Crippen LogP contribution in [-0.2, 0) is 13.5 Å². The number of fused-ring (bicyclic) bond motifs is 3. The van der Waals surface area contributed by atoms with E-state index in [0.717, 1.165) is 39.6 Å². The summed E-state index contributed by atoms with van der Waals surface area (Å²) in [5.41, 5.74) is 6.90. The molecule has 0 N–H and O–H groups in total. The molecule has 0 aliphatic carbocycles. The van der Waals surface area contributed by atoms with Crippen molar-refractivity contribution in [3.05, 3.63) is 65.4 Å². The van der Waals surface area contributed by atoms with E-state index in [-0.39, 0.29) is 5.41 Å². The van der Waals surface area contributed by atoms with Crippen molar-refractivity contribution >= 4 is 27.6 Å². The van der Waals surface area contributed by atoms with Gasteiger partial charge in [0, 0.05) is 10.8 Å². The second-order valence-electron chi connectivity index (χ2n) is 8.64. The minimum Gasteiger partial charge on any atom is -0.456 e. The molecule has 0 unspecified atom stereocenters. The molecule has 0 aliphatic heterocycles. The molecule has 28 heavy (non-hydrogen) atoms. The molecule has 0 spiro atoms. The molecular weight excluding hydrogens is 346 g/mol. The Hall–Kier alpha value is -3.19. The summed E-state index contributed by atoms with van der Waals surface area (Å²) in [4.78, 5) is 7.89. The number of hydrogen-bond acceptors (Lipinski definition) is 2. The Morgan fingerprint density at radius 1 is 1.21 bits per heavy atom. The van der Waals surface area contributed by atoms with Gasteiger partial charge in [-0.1, -0.05) is 39.0 Å². The van der Waals surface area contributed by atoms with Crippen LogP contribution in [0.2, 0.25) is 0 Å². The lowest BCUT2D eigenvalue weighted by Crippen LogP contribution is -2.30. The Balaban J connectivity index is 2.15. The molecule has 0 bridgehead atoms. The second-order valence-corrected chi connectivity index (χ2v) is 8.64. The lowest BCUT2D eigenvalue weighted by molar-refractivity contribution is -0.660. The molecule has 4 heteroatoms. The van der Waals surface area contributed by atoms with E-state index < -0.39 is 0 Å². The lowest BCUT2D eigenvalue weighted by Gasteiger charge is -2.20. The van der Waals surface area contributed by atoms with Crippen LogP contribution >= 0.6 is 0 Å². The fourth-order valence-electron chi connectivity index (χ4n) is 3.93. The van der Waals surface area contributed by atoms with Gasteiger partial charge in [0.2, 0.25) is 5.69 Å². The van der Waals surface area contributed by atoms with Crippen LogP contribution in [0.15, 0.2) is 47.3 Å². The largest absolute Gasteiger partial charge is 0.456 e. The first-order valence-corrected chi connectivity index (χ1v) is 9.45. The van der Waals surface area contributed by atoms with Gasteiger partial charge in [0.1, 0.15) is 18.2 Å². The van der Waals surface area contributed by atoms with Crippen molar-refractivity contribution in [2.75, 3.05) is 0 Å². The first-order chi connectivity index (χ1) is 13.3. The number of hydrogen-bond donors (Lipinski definition) is 0. The summed E-state index contributed by atoms with van der Waals surface area (Å²) in [5, 5.41) is 2.21. The summed E-state index contributed by atoms with van der Waals surface area (Å²) in [6.07, 6.45) is 6.56. The van der Waals surface area contributed by atoms with E-state index in [0.29, 0.717) is 5.69 Å². The van der Waals surface area contributed by atoms with Crippen molar-refractivity contribution in [1.29, 1.82) is 0 Å². The van der Waals surface area contributed by atoms with Gasteiger partial charge in [-0.3, -0.25) is 4.98 Å². The molecule has 0 radical (unpaired) electrons. The number of benzene rings is 2. The topological polar surface area (TPSA) is 34.3 Å². The number of furan rings is 1. The van der Waals surface area contributed by atoms with Crippen LogP contribution in [0.3, 0.4) is 0 Å². The predicted molar refractivity (Wildman–Crippen MR) is 112 cm³/mol. The quantitative estimate of drug-likeness (QED) is 0.324. The Kier molecular flexibility index (Phi) is 4.19. The third kappa shape index (κ3) is 3.03. The second kappa shape index (κ2) is 6.45. The molecule has 0 atom stereocenters. The highest BCUT2D eigenvalue weighted by Gasteiger charge is 2.25. The first kappa shape index (κ1) is 18.2. The van der Waals surface area contributed by atoms with E-state index in [9.17, 15) is 0 Å². The molecule has 2 aromatic carbocycles. The Bertz CT molecular complexity index is 1250. The van der Waals surface area contributed by atoms with Crippen LogP contribution in [0, 0.1) is 18.9 Å². The minimum atomic E-state index is 0.153. The lowest BCUT2D eigenvalue weighted by atomic mass is 9.84. The van der Waals surface area contributed by atoms with Crippen molar-refractivity contribution in [1.82, 2.24) is 4.98 Å². The molecule has 4 aromatic rings. The molecule has 2 aromatic heterocycles. The maximum Gasteiger partial charge on any atom is 0.234 e. The van der Waals surface area contributed by atoms with E-state index in [4.69, 9.17) is 11.0 Å². The Labute approximate surface area is 165 Å². The van der Waals surface area contributed by atoms with Crippen LogP contribution in [0.5, 0.6) is 0 Å². The zero-order chi connectivity index (χ0) is 20.1. The van der Waals surface area contributed by atoms with Crippen LogP contribution in [0.1, 0.15) is 31.9 Å². The number of rotatable bonds is 2. The van der Waals surface area contributed by atoms with Gasteiger partial charge >= 0.3 is 0 Å². The van der Waals surface area contributed by atoms with Crippen molar-refractivity contribution in [2.24, 2.45) is 12.5 Å². The van der Waals surface area contributed by atoms with Crippen LogP contribution in [0.4, 0.5) is 5.69 Å². The molecule has 0 fully saturated rings. The van der Waals surface area contributed by atoms with Crippen LogP contribution in [0.25, 0.3) is 38.0 Å². The standard InChI is InChI=1S/C24H24N3O/c1-15-11-16(13-24(2,3)4)22-18-8-7-17(25-5)12-20(18)28-23(22)21(15)19-14-26-9-10-27(19)6/h7-12,14H,13H2,1-4,6H3/q+1. The highest BCUT2D eigenvalue weighted by atomic mass is 16.3. The monoisotopic (exact) mass is 370 g/mol. The van der Waals surface area contributed by atoms with Gasteiger partial charge in [-0.2, -0.15) is 4.57 Å². The van der Waals surface area contributed by atoms with Crippen molar-refractivity contribution < 1.29 is 8.98 Å². The zero-order valence-corrected chi connectivity index (χ0v) is 17.0. The summed E-state index contributed by atoms with van der Waals surface area (Å²) in [6.45, 7) is 16.2. The van der Waals surface area contributed by atoms with Gasteiger partial charge < -0.3 is 4.42 Å². The molecule has 4 nitrogen and oxygen atoms in total. The van der Waals surface area contributed by atoms with Crippen molar-refractivity contribution in [2.45, 2.75) is 34.1 Å². The average molecular weight is 370 g/mol. The van der Waals surface area contributed by atoms with Gasteiger partial charge in [0.15, 0.2) is 11.9 Å². The van der Waals surface area contributed by atoms with Gasteiger partial charge in [0.05, 0.1) is 24.5 Å². The summed E-state index contributed by atoms with van der Waals surface area (Å²) in [5.74, 6) is 0. The smallest absolute Gasteiger partial charge is 0.234 e. The molecule has 0 saturated heterocycles. The van der Waals surface area contributed by atoms with Gasteiger partial charge in [-0.25, -0.2) is 4.85 Å². The summed E-state index contributed by atoms with van der Waals surface area (Å²) >= 11 is 0. The van der Waals surface area contributed by atoms with Crippen LogP contribution in [-0.4, -0.2) is 4.98 Å². The summed E-state index contributed by atoms with van der Waals surface area (Å²) < 4.78 is 8.45. The number of nitrogens with zero attached hydrogens (tertiary/aromatic N) is 3. The molecule has 4 rings (SSSR count). The molecule has 2 heterocycles. The van der Waals surface area contributed by atoms with Crippen molar-refractivity contribution in [3.8, 4) is 11.3 Å². The average Bonchev–Trinajstić information content (AvgIpc) is 3.00. The van der Waals surface area contributed by atoms with E-state index in [1.54, 1.807) is 6.20 Å². The molecule has 0 amide bonds. The Morgan fingerprint density at radius 2 is 2.00 bits per heavy atom. The van der Waals surface area contributed by atoms with Crippen LogP contribution < -0.4 is 4.57 Å². The number of aryl methyl sites for hydroxylation is 2. The highest BCUT2D eigenvalue weighted by Crippen LogP contribution is 2.41. The zero-order valence-electron chi connectivity index (χ0n) is 17.0. The first-order valence-electron chi connectivity index (χ1n) is 9.45. The highest BCUT2D eigenvalue weighted by molar-refractivity contribution is 6.12. The normalized spacial score (nSPS) is 11.9. The van der Waals surface area contributed by atoms with Gasteiger partial charge in [0.25, 0.3) is 0 Å². The fourth-order valence-corrected chi connectivity index (χ4v) is 3.93. The van der Waals surface area contributed by atoms with Crippen molar-refractivity contribution in [3.63, 3.8) is 0 Å². The maximum atomic E-state index is 7.32. The SMILES string of the molecule is [C-]#[N+]c1ccc2c(c1)oc1c(-c3cncc[n+]3C)c(C)cc(CC(C)(C)C)c12. The maximum absolute atomic E-state index is 7.32. The van der Waals surface area contributed by atoms with E-state index in [1.807, 2.05) is 37.6 Å². The third-order valence-corrected chi connectivity index (χ3v) is 5.07. The fraction of sp³-hybridized carbons (Fsp3) is 0.292. The molecular formula is C24H24N3O+. The molecule has 140 valence electrons. The van der Waals surface area contributed by atoms with E-state index in [2.05, 4.69) is 48.2 Å².